The van der Waals surface area contributed by atoms with Gasteiger partial charge >= 0.3 is 0 Å². The summed E-state index contributed by atoms with van der Waals surface area (Å²) in [7, 11) is -3.29. The van der Waals surface area contributed by atoms with E-state index >= 15 is 0 Å². The van der Waals surface area contributed by atoms with Crippen LogP contribution in [0.2, 0.25) is 0 Å². The van der Waals surface area contributed by atoms with Gasteiger partial charge in [-0.3, -0.25) is 9.36 Å². The maximum Gasteiger partial charge on any atom is 0.247 e. The maximum absolute atomic E-state index is 11.9. The van der Waals surface area contributed by atoms with E-state index in [4.69, 9.17) is 0 Å². The van der Waals surface area contributed by atoms with E-state index in [1.54, 1.807) is 24.4 Å². The van der Waals surface area contributed by atoms with Crippen molar-refractivity contribution in [1.82, 2.24) is 19.7 Å². The number of hydrogen-bond acceptors (Lipinski definition) is 6. The average Bonchev–Trinajstić information content (AvgIpc) is 3.12. The van der Waals surface area contributed by atoms with E-state index in [1.165, 1.54) is 12.3 Å². The zero-order valence-corrected chi connectivity index (χ0v) is 19.3. The molecule has 168 valence electrons. The van der Waals surface area contributed by atoms with Crippen LogP contribution in [0.3, 0.4) is 0 Å². The third-order valence-corrected chi connectivity index (χ3v) is 7.08. The number of aromatic amines is 1. The quantitative estimate of drug-likeness (QED) is 0.500. The number of aromatic nitrogens is 4. The van der Waals surface area contributed by atoms with E-state index in [0.717, 1.165) is 39.8 Å². The highest BCUT2D eigenvalue weighted by Crippen LogP contribution is 2.40. The fourth-order valence-corrected chi connectivity index (χ4v) is 4.90. The van der Waals surface area contributed by atoms with Crippen LogP contribution in [0, 0.1) is 6.92 Å². The van der Waals surface area contributed by atoms with Crippen LogP contribution >= 0.6 is 0 Å². The summed E-state index contributed by atoms with van der Waals surface area (Å²) in [4.78, 5) is 16.7. The van der Waals surface area contributed by atoms with E-state index in [2.05, 4.69) is 37.6 Å². The van der Waals surface area contributed by atoms with Crippen molar-refractivity contribution in [3.8, 4) is 16.8 Å². The largest absolute Gasteiger partial charge is 0.339 e. The van der Waals surface area contributed by atoms with Gasteiger partial charge in [-0.1, -0.05) is 13.0 Å². The third-order valence-electron chi connectivity index (χ3n) is 5.95. The Labute approximate surface area is 191 Å². The summed E-state index contributed by atoms with van der Waals surface area (Å²) < 4.78 is 26.0. The molecule has 8 nitrogen and oxygen atoms in total. The Balaban J connectivity index is 1.71. The van der Waals surface area contributed by atoms with Crippen LogP contribution < -0.4 is 10.5 Å². The molecular weight excluding hydrogens is 438 g/mol. The lowest BCUT2D eigenvalue weighted by atomic mass is 10.0. The molecule has 1 aliphatic rings. The Morgan fingerprint density at radius 1 is 0.970 bits per heavy atom. The summed E-state index contributed by atoms with van der Waals surface area (Å²) in [5, 5.41) is 8.73. The van der Waals surface area contributed by atoms with Gasteiger partial charge in [-0.2, -0.15) is 0 Å². The lowest BCUT2D eigenvalue weighted by Crippen LogP contribution is -2.22. The molecule has 0 radical (unpaired) electrons. The molecule has 0 aliphatic carbocycles. The number of hydrogen-bond donors (Lipinski definition) is 1. The topological polar surface area (TPSA) is 101 Å². The van der Waals surface area contributed by atoms with Gasteiger partial charge in [0.15, 0.2) is 9.84 Å². The molecule has 0 saturated carbocycles. The molecule has 0 spiro atoms. The molecular formula is C24H23N5O3S. The molecule has 1 aliphatic heterocycles. The molecule has 1 atom stereocenters. The van der Waals surface area contributed by atoms with E-state index in [-0.39, 0.29) is 16.4 Å². The van der Waals surface area contributed by atoms with E-state index in [1.807, 2.05) is 31.2 Å². The van der Waals surface area contributed by atoms with Crippen LogP contribution in [0.1, 0.15) is 24.5 Å². The summed E-state index contributed by atoms with van der Waals surface area (Å²) in [6, 6.07) is 16.4. The molecule has 2 aromatic carbocycles. The predicted molar refractivity (Wildman–Crippen MR) is 127 cm³/mol. The van der Waals surface area contributed by atoms with Gasteiger partial charge in [-0.05, 0) is 60.5 Å². The second kappa shape index (κ2) is 7.70. The van der Waals surface area contributed by atoms with Gasteiger partial charge in [-0.25, -0.2) is 8.42 Å². The average molecular weight is 462 g/mol. The lowest BCUT2D eigenvalue weighted by molar-refractivity contribution is 0.602. The normalized spacial score (nSPS) is 15.6. The van der Waals surface area contributed by atoms with Gasteiger partial charge < -0.3 is 9.88 Å². The van der Waals surface area contributed by atoms with E-state index in [9.17, 15) is 13.2 Å². The predicted octanol–water partition coefficient (Wildman–Crippen LogP) is 3.59. The molecule has 33 heavy (non-hydrogen) atoms. The molecule has 0 bridgehead atoms. The number of fused-ring (bicyclic) bond motifs is 3. The zero-order valence-electron chi connectivity index (χ0n) is 18.5. The Morgan fingerprint density at radius 2 is 1.70 bits per heavy atom. The van der Waals surface area contributed by atoms with Gasteiger partial charge in [-0.15, -0.1) is 10.2 Å². The van der Waals surface area contributed by atoms with Gasteiger partial charge in [0.1, 0.15) is 11.6 Å². The minimum atomic E-state index is -3.29. The van der Waals surface area contributed by atoms with Crippen molar-refractivity contribution < 1.29 is 8.42 Å². The van der Waals surface area contributed by atoms with Crippen molar-refractivity contribution in [2.45, 2.75) is 24.7 Å². The Bertz CT molecular complexity index is 1500. The Hall–Kier alpha value is -3.72. The number of pyridine rings is 1. The van der Waals surface area contributed by atoms with Gasteiger partial charge in [0.05, 0.1) is 16.3 Å². The Morgan fingerprint density at radius 3 is 2.36 bits per heavy atom. The number of rotatable bonds is 3. The molecule has 9 heteroatoms. The number of anilines is 2. The monoisotopic (exact) mass is 461 g/mol. The van der Waals surface area contributed by atoms with Crippen LogP contribution in [0.25, 0.3) is 16.8 Å². The molecule has 0 fully saturated rings. The first kappa shape index (κ1) is 21.1. The van der Waals surface area contributed by atoms with Crippen molar-refractivity contribution in [2.75, 3.05) is 17.7 Å². The summed E-state index contributed by atoms with van der Waals surface area (Å²) in [5.41, 5.74) is 4.45. The second-order valence-corrected chi connectivity index (χ2v) is 10.4. The highest BCUT2D eigenvalue weighted by molar-refractivity contribution is 7.90. The van der Waals surface area contributed by atoms with E-state index in [0.29, 0.717) is 6.54 Å². The molecule has 3 heterocycles. The summed E-state index contributed by atoms with van der Waals surface area (Å²) >= 11 is 0. The second-order valence-electron chi connectivity index (χ2n) is 8.36. The highest BCUT2D eigenvalue weighted by Gasteiger charge is 2.28. The number of nitrogens with one attached hydrogen (secondary N) is 1. The molecule has 4 aromatic rings. The fourth-order valence-electron chi connectivity index (χ4n) is 4.27. The van der Waals surface area contributed by atoms with Crippen molar-refractivity contribution >= 4 is 21.2 Å². The molecule has 1 N–H and O–H groups in total. The van der Waals surface area contributed by atoms with Crippen molar-refractivity contribution in [2.24, 2.45) is 0 Å². The minimum Gasteiger partial charge on any atom is -0.339 e. The Kier molecular flexibility index (Phi) is 4.93. The van der Waals surface area contributed by atoms with Crippen LogP contribution in [0.15, 0.2) is 70.5 Å². The summed E-state index contributed by atoms with van der Waals surface area (Å²) in [6.07, 6.45) is 2.90. The maximum atomic E-state index is 11.9. The zero-order chi connectivity index (χ0) is 23.3. The van der Waals surface area contributed by atoms with Crippen molar-refractivity contribution in [3.05, 3.63) is 82.8 Å². The number of aryl methyl sites for hydroxylation is 1. The first-order chi connectivity index (χ1) is 15.7. The molecule has 0 unspecified atom stereocenters. The number of sulfone groups is 1. The fraction of sp³-hybridized carbons (Fsp3) is 0.208. The standard InChI is InChI=1S/C24H23N5O3S/c1-15-14-28(19-6-8-20(9-7-19)33(3,31)32)22-12-17(18-5-11-23(30)25-13-18)4-10-21(22)29-16(2)26-27-24(15)29/h4-13,15H,14H2,1-3H3,(H,25,30)/t15-/m1/s1. The number of benzene rings is 2. The van der Waals surface area contributed by atoms with E-state index < -0.39 is 9.84 Å². The lowest BCUT2D eigenvalue weighted by Gasteiger charge is -2.27. The van der Waals surface area contributed by atoms with Gasteiger partial charge in [0.2, 0.25) is 5.56 Å². The molecule has 2 aromatic heterocycles. The molecule has 0 amide bonds. The van der Waals surface area contributed by atoms with Gasteiger partial charge in [0.25, 0.3) is 0 Å². The highest BCUT2D eigenvalue weighted by atomic mass is 32.2. The smallest absolute Gasteiger partial charge is 0.247 e. The van der Waals surface area contributed by atoms with Crippen LogP contribution in [-0.4, -0.2) is 41.0 Å². The summed E-state index contributed by atoms with van der Waals surface area (Å²) in [5.74, 6) is 1.75. The third kappa shape index (κ3) is 3.74. The first-order valence-corrected chi connectivity index (χ1v) is 12.4. The van der Waals surface area contributed by atoms with Crippen LogP contribution in [0.5, 0.6) is 0 Å². The first-order valence-electron chi connectivity index (χ1n) is 10.6. The SMILES string of the molecule is Cc1nnc2n1-c1ccc(-c3ccc(=O)[nH]c3)cc1N(c1ccc(S(C)(=O)=O)cc1)C[C@H]2C. The van der Waals surface area contributed by atoms with Crippen molar-refractivity contribution in [3.63, 3.8) is 0 Å². The van der Waals surface area contributed by atoms with Crippen LogP contribution in [0.4, 0.5) is 11.4 Å². The number of nitrogens with zero attached hydrogens (tertiary/aromatic N) is 4. The minimum absolute atomic E-state index is 0.0738. The van der Waals surface area contributed by atoms with Crippen LogP contribution in [-0.2, 0) is 9.84 Å². The van der Waals surface area contributed by atoms with Gasteiger partial charge in [0, 0.05) is 36.7 Å². The molecule has 5 rings (SSSR count). The summed E-state index contributed by atoms with van der Waals surface area (Å²) in [6.45, 7) is 4.67. The molecule has 0 saturated heterocycles. The number of H-pyrrole nitrogens is 1. The van der Waals surface area contributed by atoms with Crippen molar-refractivity contribution in [1.29, 1.82) is 0 Å².